The van der Waals surface area contributed by atoms with Crippen LogP contribution in [-0.2, 0) is 4.79 Å². The molecule has 0 radical (unpaired) electrons. The molecule has 1 aromatic carbocycles. The predicted octanol–water partition coefficient (Wildman–Crippen LogP) is 0.927. The lowest BCUT2D eigenvalue weighted by Gasteiger charge is -2.36. The Morgan fingerprint density at radius 1 is 1.50 bits per heavy atom. The van der Waals surface area contributed by atoms with Crippen molar-refractivity contribution < 1.29 is 9.53 Å². The van der Waals surface area contributed by atoms with E-state index in [0.29, 0.717) is 0 Å². The van der Waals surface area contributed by atoms with Gasteiger partial charge < -0.3 is 10.5 Å². The highest BCUT2D eigenvalue weighted by atomic mass is 16.5. The second-order valence-corrected chi connectivity index (χ2v) is 3.97. The predicted molar refractivity (Wildman–Crippen MR) is 61.1 cm³/mol. The first-order valence-corrected chi connectivity index (χ1v) is 5.39. The van der Waals surface area contributed by atoms with E-state index < -0.39 is 0 Å². The molecule has 1 saturated heterocycles. The highest BCUT2D eigenvalue weighted by Gasteiger charge is 2.29. The minimum absolute atomic E-state index is 0.298. The molecule has 4 heteroatoms. The van der Waals surface area contributed by atoms with Crippen LogP contribution in [0.5, 0.6) is 5.75 Å². The molecule has 0 aromatic heterocycles. The van der Waals surface area contributed by atoms with Gasteiger partial charge in [-0.2, -0.15) is 0 Å². The summed E-state index contributed by atoms with van der Waals surface area (Å²) in [6.45, 7) is 1.87. The van der Waals surface area contributed by atoms with Gasteiger partial charge >= 0.3 is 0 Å². The monoisotopic (exact) mass is 220 g/mol. The van der Waals surface area contributed by atoms with Gasteiger partial charge in [0, 0.05) is 13.1 Å². The minimum Gasteiger partial charge on any atom is -0.497 e. The summed E-state index contributed by atoms with van der Waals surface area (Å²) in [7, 11) is 1.61. The lowest BCUT2D eigenvalue weighted by Crippen LogP contribution is -2.45. The van der Waals surface area contributed by atoms with Crippen LogP contribution in [0.3, 0.4) is 0 Å². The molecule has 1 heterocycles. The molecule has 86 valence electrons. The van der Waals surface area contributed by atoms with Crippen LogP contribution in [-0.4, -0.2) is 31.0 Å². The normalized spacial score (nSPS) is 17.6. The molecular formula is C12H16N2O2. The van der Waals surface area contributed by atoms with E-state index in [-0.39, 0.29) is 11.9 Å². The zero-order chi connectivity index (χ0) is 11.5. The number of hydrogen-bond acceptors (Lipinski definition) is 3. The van der Waals surface area contributed by atoms with Crippen molar-refractivity contribution >= 4 is 5.91 Å². The topological polar surface area (TPSA) is 55.6 Å². The fourth-order valence-corrected chi connectivity index (χ4v) is 1.97. The molecule has 0 spiro atoms. The Labute approximate surface area is 95.0 Å². The van der Waals surface area contributed by atoms with Crippen LogP contribution >= 0.6 is 0 Å². The van der Waals surface area contributed by atoms with Crippen molar-refractivity contribution in [1.82, 2.24) is 4.90 Å². The van der Waals surface area contributed by atoms with Gasteiger partial charge in [0.1, 0.15) is 11.8 Å². The van der Waals surface area contributed by atoms with E-state index in [1.54, 1.807) is 7.11 Å². The van der Waals surface area contributed by atoms with Crippen LogP contribution in [0.2, 0.25) is 0 Å². The summed E-state index contributed by atoms with van der Waals surface area (Å²) in [6.07, 6.45) is 1.13. The van der Waals surface area contributed by atoms with Gasteiger partial charge in [-0.05, 0) is 24.1 Å². The van der Waals surface area contributed by atoms with Crippen molar-refractivity contribution in [1.29, 1.82) is 0 Å². The quantitative estimate of drug-likeness (QED) is 0.821. The van der Waals surface area contributed by atoms with E-state index >= 15 is 0 Å². The van der Waals surface area contributed by atoms with E-state index in [4.69, 9.17) is 10.5 Å². The number of methoxy groups -OCH3 is 1. The maximum atomic E-state index is 11.5. The maximum absolute atomic E-state index is 11.5. The van der Waals surface area contributed by atoms with Crippen LogP contribution in [0.25, 0.3) is 0 Å². The summed E-state index contributed by atoms with van der Waals surface area (Å²) >= 11 is 0. The number of benzene rings is 1. The average molecular weight is 220 g/mol. The number of carbonyl (C=O) groups is 1. The van der Waals surface area contributed by atoms with Gasteiger partial charge in [0.2, 0.25) is 5.91 Å². The zero-order valence-corrected chi connectivity index (χ0v) is 9.35. The average Bonchev–Trinajstić information content (AvgIpc) is 2.22. The fourth-order valence-electron chi connectivity index (χ4n) is 1.97. The van der Waals surface area contributed by atoms with E-state index in [1.165, 1.54) is 0 Å². The van der Waals surface area contributed by atoms with Gasteiger partial charge in [-0.25, -0.2) is 0 Å². The van der Waals surface area contributed by atoms with Gasteiger partial charge in [-0.3, -0.25) is 9.69 Å². The van der Waals surface area contributed by atoms with Crippen LogP contribution in [0.1, 0.15) is 18.0 Å². The molecule has 2 N–H and O–H groups in total. The first-order valence-electron chi connectivity index (χ1n) is 5.39. The molecule has 2 rings (SSSR count). The number of primary amides is 1. The summed E-state index contributed by atoms with van der Waals surface area (Å²) in [6, 6.07) is 7.20. The summed E-state index contributed by atoms with van der Waals surface area (Å²) < 4.78 is 5.15. The molecule has 0 bridgehead atoms. The lowest BCUT2D eigenvalue weighted by atomic mass is 10.0. The Hall–Kier alpha value is -1.55. The Bertz CT molecular complexity index is 388. The standard InChI is InChI=1S/C12H16N2O2/c1-16-10-5-2-4-9(8-10)11(12(13)15)14-6-3-7-14/h2,4-5,8,11H,3,6-7H2,1H3,(H2,13,15)/t11-/m0/s1. The summed E-state index contributed by atoms with van der Waals surface area (Å²) in [4.78, 5) is 13.6. The number of likely N-dealkylation sites (tertiary alicyclic amines) is 1. The molecule has 1 amide bonds. The lowest BCUT2D eigenvalue weighted by molar-refractivity contribution is -0.125. The van der Waals surface area contributed by atoms with Crippen molar-refractivity contribution in [2.75, 3.05) is 20.2 Å². The first kappa shape index (κ1) is 11.0. The number of nitrogens with two attached hydrogens (primary N) is 1. The number of ether oxygens (including phenoxy) is 1. The largest absolute Gasteiger partial charge is 0.497 e. The SMILES string of the molecule is COc1cccc([C@@H](C(N)=O)N2CCC2)c1. The second-order valence-electron chi connectivity index (χ2n) is 3.97. The third-order valence-corrected chi connectivity index (χ3v) is 2.93. The number of nitrogens with zero attached hydrogens (tertiary/aromatic N) is 1. The van der Waals surface area contributed by atoms with Gasteiger partial charge in [0.25, 0.3) is 0 Å². The molecule has 1 atom stereocenters. The van der Waals surface area contributed by atoms with Crippen LogP contribution in [0.15, 0.2) is 24.3 Å². The Balaban J connectivity index is 2.26. The van der Waals surface area contributed by atoms with Gasteiger partial charge in [-0.1, -0.05) is 12.1 Å². The Kier molecular flexibility index (Phi) is 3.10. The third kappa shape index (κ3) is 2.02. The molecule has 1 aromatic rings. The Morgan fingerprint density at radius 3 is 2.75 bits per heavy atom. The summed E-state index contributed by atoms with van der Waals surface area (Å²) in [5, 5.41) is 0. The van der Waals surface area contributed by atoms with E-state index in [9.17, 15) is 4.79 Å². The zero-order valence-electron chi connectivity index (χ0n) is 9.35. The molecule has 1 aliphatic rings. The molecule has 0 saturated carbocycles. The van der Waals surface area contributed by atoms with E-state index in [2.05, 4.69) is 4.90 Å². The van der Waals surface area contributed by atoms with Crippen LogP contribution in [0.4, 0.5) is 0 Å². The third-order valence-electron chi connectivity index (χ3n) is 2.93. The number of carbonyl (C=O) groups excluding carboxylic acids is 1. The smallest absolute Gasteiger partial charge is 0.239 e. The molecule has 1 fully saturated rings. The first-order chi connectivity index (χ1) is 7.72. The highest BCUT2D eigenvalue weighted by Crippen LogP contribution is 2.27. The second kappa shape index (κ2) is 4.53. The Morgan fingerprint density at radius 2 is 2.25 bits per heavy atom. The van der Waals surface area contributed by atoms with Gasteiger partial charge in [0.15, 0.2) is 0 Å². The molecular weight excluding hydrogens is 204 g/mol. The van der Waals surface area contributed by atoms with Crippen molar-refractivity contribution in [2.45, 2.75) is 12.5 Å². The molecule has 0 unspecified atom stereocenters. The van der Waals surface area contributed by atoms with Crippen LogP contribution < -0.4 is 10.5 Å². The van der Waals surface area contributed by atoms with Crippen molar-refractivity contribution in [2.24, 2.45) is 5.73 Å². The molecule has 0 aliphatic carbocycles. The van der Waals surface area contributed by atoms with E-state index in [1.807, 2.05) is 24.3 Å². The molecule has 1 aliphatic heterocycles. The summed E-state index contributed by atoms with van der Waals surface area (Å²) in [5.74, 6) is 0.456. The highest BCUT2D eigenvalue weighted by molar-refractivity contribution is 5.81. The maximum Gasteiger partial charge on any atom is 0.239 e. The summed E-state index contributed by atoms with van der Waals surface area (Å²) in [5.41, 5.74) is 6.36. The number of hydrogen-bond donors (Lipinski definition) is 1. The molecule has 4 nitrogen and oxygen atoms in total. The number of amides is 1. The van der Waals surface area contributed by atoms with Crippen molar-refractivity contribution in [3.05, 3.63) is 29.8 Å². The van der Waals surface area contributed by atoms with E-state index in [0.717, 1.165) is 30.8 Å². The van der Waals surface area contributed by atoms with Gasteiger partial charge in [0.05, 0.1) is 7.11 Å². The van der Waals surface area contributed by atoms with Crippen molar-refractivity contribution in [3.63, 3.8) is 0 Å². The van der Waals surface area contributed by atoms with Crippen LogP contribution in [0, 0.1) is 0 Å². The van der Waals surface area contributed by atoms with Gasteiger partial charge in [-0.15, -0.1) is 0 Å². The van der Waals surface area contributed by atoms with Crippen molar-refractivity contribution in [3.8, 4) is 5.75 Å². The fraction of sp³-hybridized carbons (Fsp3) is 0.417. The number of rotatable bonds is 4. The minimum atomic E-state index is -0.316. The molecule has 16 heavy (non-hydrogen) atoms.